The van der Waals surface area contributed by atoms with Gasteiger partial charge in [0.05, 0.1) is 0 Å². The molecule has 12 heavy (non-hydrogen) atoms. The van der Waals surface area contributed by atoms with Crippen LogP contribution >= 0.6 is 35.6 Å². The van der Waals surface area contributed by atoms with Crippen molar-refractivity contribution in [3.05, 3.63) is 27.5 Å². The van der Waals surface area contributed by atoms with E-state index in [2.05, 4.69) is 10.3 Å². The second-order valence-electron chi connectivity index (χ2n) is 2.48. The van der Waals surface area contributed by atoms with Gasteiger partial charge in [0.1, 0.15) is 10.3 Å². The fourth-order valence-electron chi connectivity index (χ4n) is 1.22. The topological polar surface area (TPSA) is 24.9 Å². The number of pyridine rings is 1. The maximum atomic E-state index is 5.84. The van der Waals surface area contributed by atoms with Crippen LogP contribution in [-0.2, 0) is 13.1 Å². The zero-order valence-electron chi connectivity index (χ0n) is 6.10. The Hall–Kier alpha value is -0.0200. The van der Waals surface area contributed by atoms with Gasteiger partial charge in [-0.25, -0.2) is 4.98 Å². The summed E-state index contributed by atoms with van der Waals surface area (Å²) in [6, 6.07) is 1.85. The van der Waals surface area contributed by atoms with Gasteiger partial charge in [-0.05, 0) is 11.6 Å². The second-order valence-corrected chi connectivity index (χ2v) is 3.22. The SMILES string of the molecule is Cl.Clc1cc2c(c(Cl)n1)CNC2. The third kappa shape index (κ3) is 1.67. The van der Waals surface area contributed by atoms with Crippen LogP contribution in [0.2, 0.25) is 10.3 Å². The van der Waals surface area contributed by atoms with Gasteiger partial charge < -0.3 is 5.32 Å². The lowest BCUT2D eigenvalue weighted by molar-refractivity contribution is 0.764. The van der Waals surface area contributed by atoms with Gasteiger partial charge in [-0.3, -0.25) is 0 Å². The summed E-state index contributed by atoms with van der Waals surface area (Å²) < 4.78 is 0. The molecule has 1 aromatic rings. The highest BCUT2D eigenvalue weighted by atomic mass is 35.5. The molecule has 0 atom stereocenters. The van der Waals surface area contributed by atoms with E-state index < -0.39 is 0 Å². The molecule has 0 bridgehead atoms. The monoisotopic (exact) mass is 224 g/mol. The molecular weight excluding hydrogens is 218 g/mol. The molecule has 1 aliphatic rings. The third-order valence-corrected chi connectivity index (χ3v) is 2.26. The summed E-state index contributed by atoms with van der Waals surface area (Å²) in [7, 11) is 0. The number of aromatic nitrogens is 1. The molecule has 0 amide bonds. The molecule has 0 fully saturated rings. The highest BCUT2D eigenvalue weighted by Crippen LogP contribution is 2.24. The largest absolute Gasteiger partial charge is 0.308 e. The fourth-order valence-corrected chi connectivity index (χ4v) is 1.76. The van der Waals surface area contributed by atoms with E-state index in [0.717, 1.165) is 24.2 Å². The Morgan fingerprint density at radius 2 is 2.08 bits per heavy atom. The maximum absolute atomic E-state index is 5.84. The van der Waals surface area contributed by atoms with E-state index in [1.54, 1.807) is 0 Å². The van der Waals surface area contributed by atoms with Crippen LogP contribution in [0.25, 0.3) is 0 Å². The van der Waals surface area contributed by atoms with Gasteiger partial charge in [0.15, 0.2) is 0 Å². The van der Waals surface area contributed by atoms with Gasteiger partial charge in [0.2, 0.25) is 0 Å². The molecule has 0 spiro atoms. The van der Waals surface area contributed by atoms with E-state index in [0.29, 0.717) is 10.3 Å². The molecule has 2 nitrogen and oxygen atoms in total. The fraction of sp³-hybridized carbons (Fsp3) is 0.286. The van der Waals surface area contributed by atoms with E-state index in [1.807, 2.05) is 6.07 Å². The van der Waals surface area contributed by atoms with Gasteiger partial charge in [-0.15, -0.1) is 12.4 Å². The molecule has 1 aliphatic heterocycles. The number of fused-ring (bicyclic) bond motifs is 1. The quantitative estimate of drug-likeness (QED) is 0.686. The van der Waals surface area contributed by atoms with Gasteiger partial charge in [0.25, 0.3) is 0 Å². The molecule has 2 rings (SSSR count). The summed E-state index contributed by atoms with van der Waals surface area (Å²) in [5.41, 5.74) is 2.24. The molecule has 0 unspecified atom stereocenters. The van der Waals surface area contributed by atoms with Crippen molar-refractivity contribution < 1.29 is 0 Å². The summed E-state index contributed by atoms with van der Waals surface area (Å²) in [6.45, 7) is 1.65. The lowest BCUT2D eigenvalue weighted by atomic mass is 10.2. The minimum absolute atomic E-state index is 0. The van der Waals surface area contributed by atoms with E-state index in [1.165, 1.54) is 0 Å². The Morgan fingerprint density at radius 1 is 1.33 bits per heavy atom. The number of nitrogens with one attached hydrogen (secondary N) is 1. The van der Waals surface area contributed by atoms with Crippen molar-refractivity contribution in [3.8, 4) is 0 Å². The molecule has 1 aromatic heterocycles. The molecule has 1 N–H and O–H groups in total. The number of halogens is 3. The predicted molar refractivity (Wildman–Crippen MR) is 52.0 cm³/mol. The first-order valence-corrected chi connectivity index (χ1v) is 4.07. The normalized spacial score (nSPS) is 13.8. The van der Waals surface area contributed by atoms with Crippen molar-refractivity contribution in [3.63, 3.8) is 0 Å². The molecule has 0 saturated heterocycles. The molecule has 0 radical (unpaired) electrons. The van der Waals surface area contributed by atoms with Crippen molar-refractivity contribution in [1.82, 2.24) is 10.3 Å². The molecule has 0 aliphatic carbocycles. The van der Waals surface area contributed by atoms with Crippen molar-refractivity contribution in [2.24, 2.45) is 0 Å². The van der Waals surface area contributed by atoms with Crippen molar-refractivity contribution in [2.45, 2.75) is 13.1 Å². The predicted octanol–water partition coefficient (Wildman–Crippen LogP) is 2.41. The van der Waals surface area contributed by atoms with E-state index in [-0.39, 0.29) is 12.4 Å². The number of hydrogen-bond donors (Lipinski definition) is 1. The van der Waals surface area contributed by atoms with E-state index in [9.17, 15) is 0 Å². The molecule has 0 saturated carbocycles. The maximum Gasteiger partial charge on any atom is 0.135 e. The first kappa shape index (κ1) is 10.1. The summed E-state index contributed by atoms with van der Waals surface area (Å²) in [4.78, 5) is 3.94. The van der Waals surface area contributed by atoms with Crippen LogP contribution in [0, 0.1) is 0 Å². The highest BCUT2D eigenvalue weighted by Gasteiger charge is 2.14. The minimum atomic E-state index is 0. The molecular formula is C7H7Cl3N2. The van der Waals surface area contributed by atoms with Gasteiger partial charge in [-0.1, -0.05) is 23.2 Å². The number of rotatable bonds is 0. The second kappa shape index (κ2) is 3.79. The van der Waals surface area contributed by atoms with Crippen LogP contribution in [-0.4, -0.2) is 4.98 Å². The van der Waals surface area contributed by atoms with Gasteiger partial charge >= 0.3 is 0 Å². The Balaban J connectivity index is 0.000000720. The summed E-state index contributed by atoms with van der Waals surface area (Å²) in [5.74, 6) is 0. The molecule has 5 heteroatoms. The first-order chi connectivity index (χ1) is 5.27. The van der Waals surface area contributed by atoms with Crippen molar-refractivity contribution in [1.29, 1.82) is 0 Å². The van der Waals surface area contributed by atoms with E-state index in [4.69, 9.17) is 23.2 Å². The Bertz CT molecular complexity index is 301. The van der Waals surface area contributed by atoms with Crippen LogP contribution in [0.1, 0.15) is 11.1 Å². The summed E-state index contributed by atoms with van der Waals surface area (Å²) in [5, 5.41) is 4.17. The first-order valence-electron chi connectivity index (χ1n) is 3.32. The molecule has 66 valence electrons. The third-order valence-electron chi connectivity index (χ3n) is 1.75. The Labute approximate surface area is 86.7 Å². The van der Waals surface area contributed by atoms with Crippen LogP contribution in [0.5, 0.6) is 0 Å². The smallest absolute Gasteiger partial charge is 0.135 e. The Morgan fingerprint density at radius 3 is 2.83 bits per heavy atom. The minimum Gasteiger partial charge on any atom is -0.308 e. The average molecular weight is 226 g/mol. The molecule has 0 aromatic carbocycles. The standard InChI is InChI=1S/C7H6Cl2N2.ClH/c8-6-1-4-2-10-3-5(4)7(9)11-6;/h1,10H,2-3H2;1H. The Kier molecular flexibility index (Phi) is 3.18. The number of nitrogens with zero attached hydrogens (tertiary/aromatic N) is 1. The van der Waals surface area contributed by atoms with Crippen molar-refractivity contribution in [2.75, 3.05) is 0 Å². The zero-order valence-corrected chi connectivity index (χ0v) is 8.43. The average Bonchev–Trinajstić information content (AvgIpc) is 2.34. The van der Waals surface area contributed by atoms with Gasteiger partial charge in [-0.2, -0.15) is 0 Å². The van der Waals surface area contributed by atoms with Crippen molar-refractivity contribution >= 4 is 35.6 Å². The number of hydrogen-bond acceptors (Lipinski definition) is 2. The van der Waals surface area contributed by atoms with Crippen LogP contribution in [0.3, 0.4) is 0 Å². The van der Waals surface area contributed by atoms with Crippen LogP contribution in [0.4, 0.5) is 0 Å². The summed E-state index contributed by atoms with van der Waals surface area (Å²) >= 11 is 11.5. The highest BCUT2D eigenvalue weighted by molar-refractivity contribution is 6.33. The summed E-state index contributed by atoms with van der Waals surface area (Å²) in [6.07, 6.45) is 0. The van der Waals surface area contributed by atoms with Crippen LogP contribution < -0.4 is 5.32 Å². The van der Waals surface area contributed by atoms with Crippen LogP contribution in [0.15, 0.2) is 6.07 Å². The van der Waals surface area contributed by atoms with Gasteiger partial charge in [0, 0.05) is 18.7 Å². The zero-order chi connectivity index (χ0) is 7.84. The van der Waals surface area contributed by atoms with E-state index >= 15 is 0 Å². The lowest BCUT2D eigenvalue weighted by Gasteiger charge is -1.99. The lowest BCUT2D eigenvalue weighted by Crippen LogP contribution is -2.00. The molecule has 2 heterocycles.